The van der Waals surface area contributed by atoms with Crippen LogP contribution >= 0.6 is 27.5 Å². The molecule has 0 atom stereocenters. The van der Waals surface area contributed by atoms with E-state index in [2.05, 4.69) is 30.9 Å². The summed E-state index contributed by atoms with van der Waals surface area (Å²) in [7, 11) is 0. The molecule has 1 aromatic carbocycles. The van der Waals surface area contributed by atoms with Gasteiger partial charge in [0.05, 0.1) is 15.1 Å². The third-order valence-corrected chi connectivity index (χ3v) is 3.62. The van der Waals surface area contributed by atoms with Crippen LogP contribution in [0.5, 0.6) is 0 Å². The lowest BCUT2D eigenvalue weighted by molar-refractivity contribution is -0.383. The Labute approximate surface area is 126 Å². The highest BCUT2D eigenvalue weighted by Crippen LogP contribution is 2.35. The summed E-state index contributed by atoms with van der Waals surface area (Å²) in [6.45, 7) is 0. The molecule has 2 aromatic heterocycles. The van der Waals surface area contributed by atoms with E-state index < -0.39 is 4.92 Å². The Kier molecular flexibility index (Phi) is 3.15. The second kappa shape index (κ2) is 4.84. The van der Waals surface area contributed by atoms with Gasteiger partial charge in [0.25, 0.3) is 5.69 Å². The first-order chi connectivity index (χ1) is 9.58. The van der Waals surface area contributed by atoms with E-state index in [-0.39, 0.29) is 11.0 Å². The summed E-state index contributed by atoms with van der Waals surface area (Å²) in [6, 6.07) is 4.87. The van der Waals surface area contributed by atoms with Crippen molar-refractivity contribution in [3.63, 3.8) is 0 Å². The number of non-ortho nitro benzene ring substituents is 1. The highest BCUT2D eigenvalue weighted by molar-refractivity contribution is 9.10. The molecule has 3 aromatic rings. The van der Waals surface area contributed by atoms with Crippen LogP contribution in [0.25, 0.3) is 22.2 Å². The van der Waals surface area contributed by atoms with Crippen LogP contribution in [0.4, 0.5) is 5.69 Å². The first kappa shape index (κ1) is 13.0. The fourth-order valence-corrected chi connectivity index (χ4v) is 2.56. The number of fused-ring (bicyclic) bond motifs is 1. The lowest BCUT2D eigenvalue weighted by atomic mass is 10.1. The van der Waals surface area contributed by atoms with E-state index in [4.69, 9.17) is 11.6 Å². The van der Waals surface area contributed by atoms with Crippen LogP contribution < -0.4 is 0 Å². The van der Waals surface area contributed by atoms with Crippen LogP contribution in [0.15, 0.2) is 35.1 Å². The lowest BCUT2D eigenvalue weighted by Gasteiger charge is -2.02. The SMILES string of the molecule is O=[N+]([O-])c1cccc2c(-c3nc(Cl)ncc3Br)c[nH]c12. The third kappa shape index (κ3) is 2.04. The molecule has 0 aliphatic carbocycles. The quantitative estimate of drug-likeness (QED) is 0.429. The van der Waals surface area contributed by atoms with Crippen molar-refractivity contribution in [1.82, 2.24) is 15.0 Å². The lowest BCUT2D eigenvalue weighted by Crippen LogP contribution is -1.90. The van der Waals surface area contributed by atoms with E-state index in [9.17, 15) is 10.1 Å². The van der Waals surface area contributed by atoms with Crippen molar-refractivity contribution in [1.29, 1.82) is 0 Å². The molecule has 0 spiro atoms. The number of H-pyrrole nitrogens is 1. The Morgan fingerprint density at radius 3 is 2.95 bits per heavy atom. The molecule has 3 rings (SSSR count). The molecule has 0 unspecified atom stereocenters. The van der Waals surface area contributed by atoms with E-state index in [0.717, 1.165) is 5.56 Å². The van der Waals surface area contributed by atoms with Gasteiger partial charge < -0.3 is 4.98 Å². The van der Waals surface area contributed by atoms with Crippen molar-refractivity contribution in [2.75, 3.05) is 0 Å². The average Bonchev–Trinajstić information content (AvgIpc) is 2.85. The van der Waals surface area contributed by atoms with Crippen LogP contribution in [0.3, 0.4) is 0 Å². The summed E-state index contributed by atoms with van der Waals surface area (Å²) < 4.78 is 0.661. The maximum absolute atomic E-state index is 11.0. The minimum absolute atomic E-state index is 0.0185. The van der Waals surface area contributed by atoms with Crippen molar-refractivity contribution < 1.29 is 4.92 Å². The zero-order valence-corrected chi connectivity index (χ0v) is 12.1. The molecular weight excluding hydrogens is 348 g/mol. The second-order valence-electron chi connectivity index (χ2n) is 3.99. The summed E-state index contributed by atoms with van der Waals surface area (Å²) >= 11 is 9.16. The number of aromatic nitrogens is 3. The number of halogens is 2. The van der Waals surface area contributed by atoms with Gasteiger partial charge >= 0.3 is 0 Å². The number of nitrogens with one attached hydrogen (secondary N) is 1. The molecule has 8 heteroatoms. The Hall–Kier alpha value is -1.99. The van der Waals surface area contributed by atoms with Gasteiger partial charge in [-0.2, -0.15) is 0 Å². The summed E-state index contributed by atoms with van der Waals surface area (Å²) in [6.07, 6.45) is 3.21. The van der Waals surface area contributed by atoms with E-state index >= 15 is 0 Å². The maximum atomic E-state index is 11.0. The van der Waals surface area contributed by atoms with Crippen molar-refractivity contribution >= 4 is 44.1 Å². The van der Waals surface area contributed by atoms with Crippen LogP contribution in [0.1, 0.15) is 0 Å². The monoisotopic (exact) mass is 352 g/mol. The Morgan fingerprint density at radius 1 is 1.40 bits per heavy atom. The number of hydrogen-bond acceptors (Lipinski definition) is 4. The van der Waals surface area contributed by atoms with E-state index in [1.54, 1.807) is 24.5 Å². The summed E-state index contributed by atoms with van der Waals surface area (Å²) in [5.74, 6) is 0. The zero-order chi connectivity index (χ0) is 14.3. The minimum Gasteiger partial charge on any atom is -0.355 e. The van der Waals surface area contributed by atoms with Gasteiger partial charge in [-0.25, -0.2) is 9.97 Å². The van der Waals surface area contributed by atoms with E-state index in [0.29, 0.717) is 21.1 Å². The van der Waals surface area contributed by atoms with Crippen molar-refractivity contribution in [2.45, 2.75) is 0 Å². The third-order valence-electron chi connectivity index (χ3n) is 2.86. The second-order valence-corrected chi connectivity index (χ2v) is 5.19. The molecule has 0 amide bonds. The molecule has 2 heterocycles. The standard InChI is InChI=1S/C12H6BrClN4O2/c13-8-5-16-12(14)17-10(8)7-4-15-11-6(7)2-1-3-9(11)18(19)20/h1-5,15H. The van der Waals surface area contributed by atoms with Crippen molar-refractivity contribution in [3.8, 4) is 11.3 Å². The zero-order valence-electron chi connectivity index (χ0n) is 9.80. The summed E-state index contributed by atoms with van der Waals surface area (Å²) in [5.41, 5.74) is 1.77. The maximum Gasteiger partial charge on any atom is 0.293 e. The number of rotatable bonds is 2. The van der Waals surface area contributed by atoms with Crippen molar-refractivity contribution in [3.05, 3.63) is 50.5 Å². The first-order valence-corrected chi connectivity index (χ1v) is 6.68. The van der Waals surface area contributed by atoms with Gasteiger partial charge in [0.15, 0.2) is 0 Å². The minimum atomic E-state index is -0.426. The number of nitrogens with zero attached hydrogens (tertiary/aromatic N) is 3. The average molecular weight is 354 g/mol. The first-order valence-electron chi connectivity index (χ1n) is 5.51. The predicted molar refractivity (Wildman–Crippen MR) is 78.7 cm³/mol. The number of hydrogen-bond donors (Lipinski definition) is 1. The van der Waals surface area contributed by atoms with Crippen molar-refractivity contribution in [2.24, 2.45) is 0 Å². The van der Waals surface area contributed by atoms with E-state index in [1.165, 1.54) is 6.07 Å². The molecular formula is C12H6BrClN4O2. The Balaban J connectivity index is 2.31. The molecule has 0 radical (unpaired) electrons. The number of nitro groups is 1. The topological polar surface area (TPSA) is 84.7 Å². The molecule has 100 valence electrons. The Morgan fingerprint density at radius 2 is 2.20 bits per heavy atom. The number of aromatic amines is 1. The molecule has 0 bridgehead atoms. The van der Waals surface area contributed by atoms with Crippen LogP contribution in [-0.4, -0.2) is 19.9 Å². The van der Waals surface area contributed by atoms with Gasteiger partial charge in [-0.05, 0) is 27.5 Å². The molecule has 20 heavy (non-hydrogen) atoms. The summed E-state index contributed by atoms with van der Waals surface area (Å²) in [4.78, 5) is 21.5. The molecule has 0 saturated carbocycles. The molecule has 0 saturated heterocycles. The van der Waals surface area contributed by atoms with Crippen LogP contribution in [-0.2, 0) is 0 Å². The molecule has 0 fully saturated rings. The highest BCUT2D eigenvalue weighted by atomic mass is 79.9. The van der Waals surface area contributed by atoms with E-state index in [1.807, 2.05) is 0 Å². The van der Waals surface area contributed by atoms with Gasteiger partial charge in [-0.1, -0.05) is 12.1 Å². The number of nitro benzene ring substituents is 1. The molecule has 6 nitrogen and oxygen atoms in total. The van der Waals surface area contributed by atoms with Crippen LogP contribution in [0.2, 0.25) is 5.28 Å². The summed E-state index contributed by atoms with van der Waals surface area (Å²) in [5, 5.41) is 11.8. The largest absolute Gasteiger partial charge is 0.355 e. The molecule has 0 aliphatic rings. The normalized spacial score (nSPS) is 10.9. The Bertz CT molecular complexity index is 833. The smallest absolute Gasteiger partial charge is 0.293 e. The molecule has 0 aliphatic heterocycles. The number of para-hydroxylation sites is 1. The van der Waals surface area contributed by atoms with Gasteiger partial charge in [0, 0.05) is 29.4 Å². The fourth-order valence-electron chi connectivity index (χ4n) is 2.02. The predicted octanol–water partition coefficient (Wildman–Crippen LogP) is 3.95. The van der Waals surface area contributed by atoms with Gasteiger partial charge in [-0.15, -0.1) is 0 Å². The molecule has 1 N–H and O–H groups in total. The van der Waals surface area contributed by atoms with Gasteiger partial charge in [-0.3, -0.25) is 10.1 Å². The van der Waals surface area contributed by atoms with Gasteiger partial charge in [0.1, 0.15) is 5.52 Å². The van der Waals surface area contributed by atoms with Gasteiger partial charge in [0.2, 0.25) is 5.28 Å². The highest BCUT2D eigenvalue weighted by Gasteiger charge is 2.18. The number of benzene rings is 1. The fraction of sp³-hybridized carbons (Fsp3) is 0. The van der Waals surface area contributed by atoms with Crippen LogP contribution in [0, 0.1) is 10.1 Å².